The van der Waals surface area contributed by atoms with Crippen LogP contribution < -0.4 is 10.1 Å². The Kier molecular flexibility index (Phi) is 2.97. The van der Waals surface area contributed by atoms with Crippen LogP contribution in [0.4, 0.5) is 5.69 Å². The molecule has 0 fully saturated rings. The van der Waals surface area contributed by atoms with E-state index in [2.05, 4.69) is 37.4 Å². The van der Waals surface area contributed by atoms with Gasteiger partial charge in [-0.3, -0.25) is 4.79 Å². The van der Waals surface area contributed by atoms with E-state index in [1.54, 1.807) is 6.92 Å². The number of nitrogens with one attached hydrogen (secondary N) is 1. The Hall–Kier alpha value is -2.29. The lowest BCUT2D eigenvalue weighted by Crippen LogP contribution is -2.34. The van der Waals surface area contributed by atoms with Gasteiger partial charge in [-0.05, 0) is 49.6 Å². The Morgan fingerprint density at radius 1 is 1.10 bits per heavy atom. The zero-order valence-corrected chi connectivity index (χ0v) is 11.9. The minimum atomic E-state index is -0.436. The smallest absolute Gasteiger partial charge is 0.265 e. The van der Waals surface area contributed by atoms with Crippen LogP contribution in [-0.4, -0.2) is 12.0 Å². The van der Waals surface area contributed by atoms with Gasteiger partial charge in [-0.2, -0.15) is 0 Å². The Morgan fingerprint density at radius 3 is 2.65 bits per heavy atom. The zero-order chi connectivity index (χ0) is 14.3. The molecule has 102 valence electrons. The van der Waals surface area contributed by atoms with Crippen molar-refractivity contribution in [2.45, 2.75) is 26.9 Å². The molecule has 0 saturated carbocycles. The monoisotopic (exact) mass is 267 g/mol. The molecule has 3 nitrogen and oxygen atoms in total. The van der Waals surface area contributed by atoms with Gasteiger partial charge >= 0.3 is 0 Å². The summed E-state index contributed by atoms with van der Waals surface area (Å²) >= 11 is 0. The molecule has 0 aromatic heterocycles. The molecule has 1 heterocycles. The van der Waals surface area contributed by atoms with Crippen LogP contribution in [0.15, 0.2) is 36.4 Å². The summed E-state index contributed by atoms with van der Waals surface area (Å²) in [5.41, 5.74) is 5.47. The van der Waals surface area contributed by atoms with Gasteiger partial charge in [-0.25, -0.2) is 0 Å². The van der Waals surface area contributed by atoms with Gasteiger partial charge in [0, 0.05) is 0 Å². The van der Waals surface area contributed by atoms with E-state index in [1.165, 1.54) is 16.7 Å². The third-order valence-corrected chi connectivity index (χ3v) is 3.60. The molecule has 0 bridgehead atoms. The molecule has 0 aliphatic carbocycles. The molecular formula is C17H17NO2. The molecule has 0 radical (unpaired) electrons. The highest BCUT2D eigenvalue weighted by molar-refractivity contribution is 5.98. The van der Waals surface area contributed by atoms with E-state index in [4.69, 9.17) is 4.74 Å². The van der Waals surface area contributed by atoms with E-state index in [9.17, 15) is 4.79 Å². The summed E-state index contributed by atoms with van der Waals surface area (Å²) in [5, 5.41) is 2.89. The lowest BCUT2D eigenvalue weighted by Gasteiger charge is -2.24. The third kappa shape index (κ3) is 2.16. The van der Waals surface area contributed by atoms with Crippen molar-refractivity contribution < 1.29 is 9.53 Å². The first-order valence-electron chi connectivity index (χ1n) is 6.74. The number of benzene rings is 2. The van der Waals surface area contributed by atoms with E-state index in [0.29, 0.717) is 0 Å². The molecule has 1 aliphatic heterocycles. The van der Waals surface area contributed by atoms with E-state index in [0.717, 1.165) is 17.0 Å². The number of aryl methyl sites for hydroxylation is 2. The highest BCUT2D eigenvalue weighted by atomic mass is 16.5. The minimum Gasteiger partial charge on any atom is -0.479 e. The number of hydrogen-bond donors (Lipinski definition) is 1. The summed E-state index contributed by atoms with van der Waals surface area (Å²) in [6.07, 6.45) is -0.436. The molecule has 3 rings (SSSR count). The number of carbonyl (C=O) groups excluding carboxylic acids is 1. The summed E-state index contributed by atoms with van der Waals surface area (Å²) in [7, 11) is 0. The summed E-state index contributed by atoms with van der Waals surface area (Å²) < 4.78 is 5.57. The summed E-state index contributed by atoms with van der Waals surface area (Å²) in [6.45, 7) is 5.92. The van der Waals surface area contributed by atoms with Crippen LogP contribution in [0.1, 0.15) is 18.1 Å². The predicted molar refractivity (Wildman–Crippen MR) is 80.1 cm³/mol. The standard InChI is InChI=1S/C17H17NO2/c1-10-4-6-14(11(2)8-10)13-5-7-16-15(9-13)18-17(19)12(3)20-16/h4-9,12H,1-3H3,(H,18,19). The second-order valence-electron chi connectivity index (χ2n) is 5.28. The fourth-order valence-electron chi connectivity index (χ4n) is 2.51. The maximum atomic E-state index is 11.7. The highest BCUT2D eigenvalue weighted by Crippen LogP contribution is 2.35. The van der Waals surface area contributed by atoms with Gasteiger partial charge in [0.05, 0.1) is 5.69 Å². The number of rotatable bonds is 1. The SMILES string of the molecule is Cc1ccc(-c2ccc3c(c2)NC(=O)C(C)O3)c(C)c1. The number of anilines is 1. The van der Waals surface area contributed by atoms with Crippen LogP contribution in [0.2, 0.25) is 0 Å². The average Bonchev–Trinajstić information content (AvgIpc) is 2.40. The van der Waals surface area contributed by atoms with Gasteiger partial charge in [0.15, 0.2) is 6.10 Å². The molecule has 2 aromatic rings. The van der Waals surface area contributed by atoms with Crippen LogP contribution in [0.3, 0.4) is 0 Å². The van der Waals surface area contributed by atoms with Crippen molar-refractivity contribution in [2.24, 2.45) is 0 Å². The Labute approximate surface area is 118 Å². The fourth-order valence-corrected chi connectivity index (χ4v) is 2.51. The third-order valence-electron chi connectivity index (χ3n) is 3.60. The number of carbonyl (C=O) groups is 1. The van der Waals surface area contributed by atoms with Crippen molar-refractivity contribution in [2.75, 3.05) is 5.32 Å². The van der Waals surface area contributed by atoms with Crippen LogP contribution >= 0.6 is 0 Å². The summed E-state index contributed by atoms with van der Waals surface area (Å²) in [5.74, 6) is 0.626. The predicted octanol–water partition coefficient (Wildman–Crippen LogP) is 3.69. The number of amides is 1. The molecule has 3 heteroatoms. The molecule has 0 saturated heterocycles. The zero-order valence-electron chi connectivity index (χ0n) is 11.9. The van der Waals surface area contributed by atoms with Gasteiger partial charge < -0.3 is 10.1 Å². The van der Waals surface area contributed by atoms with E-state index < -0.39 is 6.10 Å². The van der Waals surface area contributed by atoms with Crippen molar-refractivity contribution >= 4 is 11.6 Å². The number of fused-ring (bicyclic) bond motifs is 1. The Bertz CT molecular complexity index is 691. The molecule has 2 aromatic carbocycles. The quantitative estimate of drug-likeness (QED) is 0.855. The molecule has 0 spiro atoms. The van der Waals surface area contributed by atoms with Crippen LogP contribution in [0, 0.1) is 13.8 Å². The molecule has 1 amide bonds. The van der Waals surface area contributed by atoms with Gasteiger partial charge in [0.25, 0.3) is 5.91 Å². The average molecular weight is 267 g/mol. The van der Waals surface area contributed by atoms with Gasteiger partial charge in [-0.15, -0.1) is 0 Å². The molecular weight excluding hydrogens is 250 g/mol. The van der Waals surface area contributed by atoms with E-state index in [-0.39, 0.29) is 5.91 Å². The lowest BCUT2D eigenvalue weighted by atomic mass is 9.98. The normalized spacial score (nSPS) is 17.1. The second-order valence-corrected chi connectivity index (χ2v) is 5.28. The van der Waals surface area contributed by atoms with E-state index in [1.807, 2.05) is 18.2 Å². The highest BCUT2D eigenvalue weighted by Gasteiger charge is 2.23. The van der Waals surface area contributed by atoms with Gasteiger partial charge in [0.2, 0.25) is 0 Å². The fraction of sp³-hybridized carbons (Fsp3) is 0.235. The van der Waals surface area contributed by atoms with Crippen molar-refractivity contribution in [3.63, 3.8) is 0 Å². The van der Waals surface area contributed by atoms with Crippen LogP contribution in [-0.2, 0) is 4.79 Å². The molecule has 1 aliphatic rings. The lowest BCUT2D eigenvalue weighted by molar-refractivity contribution is -0.122. The first kappa shape index (κ1) is 12.7. The van der Waals surface area contributed by atoms with Crippen LogP contribution in [0.5, 0.6) is 5.75 Å². The maximum absolute atomic E-state index is 11.7. The molecule has 1 N–H and O–H groups in total. The van der Waals surface area contributed by atoms with Crippen molar-refractivity contribution in [3.05, 3.63) is 47.5 Å². The van der Waals surface area contributed by atoms with Crippen molar-refractivity contribution in [3.8, 4) is 16.9 Å². The topological polar surface area (TPSA) is 38.3 Å². The van der Waals surface area contributed by atoms with Gasteiger partial charge in [0.1, 0.15) is 5.75 Å². The number of hydrogen-bond acceptors (Lipinski definition) is 2. The van der Waals surface area contributed by atoms with Gasteiger partial charge in [-0.1, -0.05) is 29.8 Å². The Morgan fingerprint density at radius 2 is 1.90 bits per heavy atom. The van der Waals surface area contributed by atoms with Crippen LogP contribution in [0.25, 0.3) is 11.1 Å². The van der Waals surface area contributed by atoms with E-state index >= 15 is 0 Å². The van der Waals surface area contributed by atoms with Crippen molar-refractivity contribution in [1.29, 1.82) is 0 Å². The second kappa shape index (κ2) is 4.67. The summed E-state index contributed by atoms with van der Waals surface area (Å²) in [4.78, 5) is 11.7. The first-order valence-corrected chi connectivity index (χ1v) is 6.74. The number of ether oxygens (including phenoxy) is 1. The largest absolute Gasteiger partial charge is 0.479 e. The molecule has 1 atom stereocenters. The molecule has 1 unspecified atom stereocenters. The maximum Gasteiger partial charge on any atom is 0.265 e. The first-order chi connectivity index (χ1) is 9.54. The summed E-state index contributed by atoms with van der Waals surface area (Å²) in [6, 6.07) is 12.3. The molecule has 20 heavy (non-hydrogen) atoms. The Balaban J connectivity index is 2.04. The minimum absolute atomic E-state index is 0.102. The van der Waals surface area contributed by atoms with Crippen molar-refractivity contribution in [1.82, 2.24) is 0 Å².